The lowest BCUT2D eigenvalue weighted by Gasteiger charge is -2.30. The smallest absolute Gasteiger partial charge is 0.339 e. The van der Waals surface area contributed by atoms with Crippen molar-refractivity contribution in [2.75, 3.05) is 34.8 Å². The number of aromatic nitrogens is 2. The highest BCUT2D eigenvalue weighted by molar-refractivity contribution is 5.98. The summed E-state index contributed by atoms with van der Waals surface area (Å²) in [5.74, 6) is -1.29. The van der Waals surface area contributed by atoms with Crippen molar-refractivity contribution in [3.63, 3.8) is 0 Å². The SMILES string of the molecule is CCOC(=O)[C@@H](OC(C)(C)C)c1c(C)cc2nc(CN(C)C)ccc2c1C1=CCCCC1.Cc1cc2nc(CN(C)C)ccc2c(C2=CCCCC2)c1[C@H](OC(C)(C)C)C(=O)O. The van der Waals surface area contributed by atoms with Crippen LogP contribution in [-0.4, -0.2) is 82.8 Å². The summed E-state index contributed by atoms with van der Waals surface area (Å²) in [4.78, 5) is 39.5. The summed E-state index contributed by atoms with van der Waals surface area (Å²) in [5, 5.41) is 12.2. The van der Waals surface area contributed by atoms with Crippen molar-refractivity contribution in [3.05, 3.63) is 93.3 Å². The van der Waals surface area contributed by atoms with Crippen molar-refractivity contribution in [1.29, 1.82) is 0 Å². The highest BCUT2D eigenvalue weighted by Gasteiger charge is 2.35. The number of aliphatic carboxylic acids is 1. The van der Waals surface area contributed by atoms with E-state index < -0.39 is 29.4 Å². The zero-order valence-electron chi connectivity index (χ0n) is 39.8. The second kappa shape index (κ2) is 20.8. The molecule has 2 aliphatic rings. The van der Waals surface area contributed by atoms with Gasteiger partial charge in [-0.2, -0.15) is 0 Å². The number of carbonyl (C=O) groups is 2. The highest BCUT2D eigenvalue weighted by atomic mass is 16.6. The van der Waals surface area contributed by atoms with Gasteiger partial charge in [0.1, 0.15) is 0 Å². The van der Waals surface area contributed by atoms with Crippen molar-refractivity contribution in [2.45, 2.75) is 150 Å². The van der Waals surface area contributed by atoms with E-state index in [2.05, 4.69) is 59.2 Å². The molecule has 0 aliphatic heterocycles. The average Bonchev–Trinajstić information content (AvgIpc) is 3.18. The Kier molecular flexibility index (Phi) is 16.3. The van der Waals surface area contributed by atoms with Gasteiger partial charge in [-0.25, -0.2) is 9.59 Å². The van der Waals surface area contributed by atoms with Crippen LogP contribution in [0.15, 0.2) is 48.6 Å². The van der Waals surface area contributed by atoms with Gasteiger partial charge in [-0.15, -0.1) is 0 Å². The first-order valence-corrected chi connectivity index (χ1v) is 22.5. The lowest BCUT2D eigenvalue weighted by atomic mass is 9.84. The summed E-state index contributed by atoms with van der Waals surface area (Å²) in [7, 11) is 8.15. The molecule has 10 nitrogen and oxygen atoms in total. The molecule has 0 spiro atoms. The van der Waals surface area contributed by atoms with Gasteiger partial charge >= 0.3 is 11.9 Å². The molecule has 0 bridgehead atoms. The first-order chi connectivity index (χ1) is 29.2. The number of rotatable bonds is 13. The fourth-order valence-corrected chi connectivity index (χ4v) is 8.63. The van der Waals surface area contributed by atoms with Crippen LogP contribution in [0.4, 0.5) is 0 Å². The Bertz CT molecular complexity index is 2300. The molecule has 0 radical (unpaired) electrons. The first-order valence-electron chi connectivity index (χ1n) is 22.5. The summed E-state index contributed by atoms with van der Waals surface area (Å²) in [6.07, 6.45) is 11.5. The number of hydrogen-bond donors (Lipinski definition) is 1. The fraction of sp³-hybridized carbons (Fsp3) is 0.538. The molecule has 0 amide bonds. The van der Waals surface area contributed by atoms with Gasteiger partial charge in [-0.1, -0.05) is 24.3 Å². The van der Waals surface area contributed by atoms with Crippen LogP contribution in [0.1, 0.15) is 157 Å². The van der Waals surface area contributed by atoms with Crippen LogP contribution in [0.2, 0.25) is 0 Å². The van der Waals surface area contributed by atoms with Crippen LogP contribution in [0.3, 0.4) is 0 Å². The van der Waals surface area contributed by atoms with Crippen LogP contribution < -0.4 is 0 Å². The maximum atomic E-state index is 13.1. The number of esters is 1. The molecule has 1 N–H and O–H groups in total. The molecule has 336 valence electrons. The molecule has 2 aromatic carbocycles. The predicted octanol–water partition coefficient (Wildman–Crippen LogP) is 11.5. The van der Waals surface area contributed by atoms with E-state index >= 15 is 0 Å². The molecule has 6 rings (SSSR count). The van der Waals surface area contributed by atoms with E-state index in [0.717, 1.165) is 118 Å². The number of carboxylic acid groups (broad SMARTS) is 1. The Morgan fingerprint density at radius 3 is 1.45 bits per heavy atom. The molecule has 4 aromatic rings. The number of hydrogen-bond acceptors (Lipinski definition) is 9. The molecule has 2 aliphatic carbocycles. The minimum atomic E-state index is -1.02. The first kappa shape index (κ1) is 48.6. The fourth-order valence-electron chi connectivity index (χ4n) is 8.63. The van der Waals surface area contributed by atoms with Gasteiger partial charge < -0.3 is 29.1 Å². The van der Waals surface area contributed by atoms with Crippen LogP contribution in [0, 0.1) is 13.8 Å². The van der Waals surface area contributed by atoms with Gasteiger partial charge in [0.25, 0.3) is 0 Å². The molecule has 2 atom stereocenters. The molecule has 0 unspecified atom stereocenters. The van der Waals surface area contributed by atoms with Crippen molar-refractivity contribution in [3.8, 4) is 0 Å². The standard InChI is InChI=1S/C27H38N2O3.C25H34N2O3/c1-8-31-26(30)25(32-27(3,4)5)23-18(2)16-22-21(15-14-20(28-22)17-29(6)7)24(23)19-12-10-9-11-13-19;1-16-14-20-19(13-12-18(26-20)15-27(5)6)22(17-10-8-7-9-11-17)21(16)23(24(28)29)30-25(2,3)4/h12,14-16,25H,8-11,13,17H2,1-7H3;10,12-14,23H,7-9,11,15H2,1-6H3,(H,28,29)/t25-;23-/m00/s1. The summed E-state index contributed by atoms with van der Waals surface area (Å²) in [6.45, 7) is 19.4. The number of carboxylic acids is 1. The molecule has 0 saturated heterocycles. The van der Waals surface area contributed by atoms with Crippen LogP contribution in [0.5, 0.6) is 0 Å². The lowest BCUT2D eigenvalue weighted by Crippen LogP contribution is -2.30. The number of pyridine rings is 2. The van der Waals surface area contributed by atoms with E-state index in [4.69, 9.17) is 24.2 Å². The largest absolute Gasteiger partial charge is 0.479 e. The maximum absolute atomic E-state index is 13.1. The third kappa shape index (κ3) is 12.6. The Morgan fingerprint density at radius 1 is 0.677 bits per heavy atom. The molecule has 62 heavy (non-hydrogen) atoms. The maximum Gasteiger partial charge on any atom is 0.339 e. The van der Waals surface area contributed by atoms with E-state index in [1.165, 1.54) is 24.0 Å². The highest BCUT2D eigenvalue weighted by Crippen LogP contribution is 2.43. The zero-order chi connectivity index (χ0) is 45.5. The lowest BCUT2D eigenvalue weighted by molar-refractivity contribution is -0.167. The number of fused-ring (bicyclic) bond motifs is 2. The molecule has 2 aromatic heterocycles. The Balaban J connectivity index is 0.000000235. The molecular formula is C52H72N4O6. The second-order valence-electron chi connectivity index (χ2n) is 19.4. The van der Waals surface area contributed by atoms with Crippen molar-refractivity contribution in [2.24, 2.45) is 0 Å². The molecular weight excluding hydrogens is 777 g/mol. The van der Waals surface area contributed by atoms with Gasteiger partial charge in [0, 0.05) is 35.0 Å². The van der Waals surface area contributed by atoms with Crippen molar-refractivity contribution >= 4 is 44.9 Å². The quantitative estimate of drug-likeness (QED) is 0.130. The molecule has 2 heterocycles. The Hall–Kier alpha value is -4.48. The monoisotopic (exact) mass is 849 g/mol. The number of carbonyl (C=O) groups excluding carboxylic acids is 1. The molecule has 10 heteroatoms. The van der Waals surface area contributed by atoms with E-state index in [9.17, 15) is 14.7 Å². The summed E-state index contributed by atoms with van der Waals surface area (Å²) >= 11 is 0. The van der Waals surface area contributed by atoms with E-state index in [-0.39, 0.29) is 5.97 Å². The van der Waals surface area contributed by atoms with E-state index in [1.54, 1.807) is 0 Å². The summed E-state index contributed by atoms with van der Waals surface area (Å²) < 4.78 is 17.9. The zero-order valence-corrected chi connectivity index (χ0v) is 39.8. The Labute approximate surface area is 370 Å². The minimum Gasteiger partial charge on any atom is -0.479 e. The summed E-state index contributed by atoms with van der Waals surface area (Å²) in [5.41, 5.74) is 11.1. The number of aryl methyl sites for hydroxylation is 2. The third-order valence-corrected chi connectivity index (χ3v) is 11.0. The van der Waals surface area contributed by atoms with Crippen LogP contribution in [0.25, 0.3) is 33.0 Å². The number of benzene rings is 2. The average molecular weight is 849 g/mol. The summed E-state index contributed by atoms with van der Waals surface area (Å²) in [6, 6.07) is 12.5. The van der Waals surface area contributed by atoms with Crippen molar-refractivity contribution < 1.29 is 28.9 Å². The van der Waals surface area contributed by atoms with Gasteiger partial charge in [0.05, 0.1) is 40.2 Å². The van der Waals surface area contributed by atoms with Gasteiger partial charge in [0.2, 0.25) is 0 Å². The number of ether oxygens (including phenoxy) is 3. The minimum absolute atomic E-state index is 0.322. The van der Waals surface area contributed by atoms with Crippen LogP contribution >= 0.6 is 0 Å². The van der Waals surface area contributed by atoms with E-state index in [1.807, 2.05) is 89.6 Å². The predicted molar refractivity (Wildman–Crippen MR) is 252 cm³/mol. The number of allylic oxidation sites excluding steroid dienone is 4. The van der Waals surface area contributed by atoms with Gasteiger partial charge in [-0.05, 0) is 200 Å². The van der Waals surface area contributed by atoms with E-state index in [0.29, 0.717) is 6.61 Å². The Morgan fingerprint density at radius 2 is 1.10 bits per heavy atom. The van der Waals surface area contributed by atoms with Crippen LogP contribution in [-0.2, 0) is 36.9 Å². The normalized spacial score (nSPS) is 15.9. The number of nitrogens with zero attached hydrogens (tertiary/aromatic N) is 4. The molecule has 0 fully saturated rings. The van der Waals surface area contributed by atoms with Gasteiger partial charge in [0.15, 0.2) is 12.2 Å². The second-order valence-corrected chi connectivity index (χ2v) is 19.4. The van der Waals surface area contributed by atoms with Gasteiger partial charge in [-0.3, -0.25) is 9.97 Å². The third-order valence-electron chi connectivity index (χ3n) is 11.0. The van der Waals surface area contributed by atoms with Crippen molar-refractivity contribution in [1.82, 2.24) is 19.8 Å². The molecule has 0 saturated carbocycles. The topological polar surface area (TPSA) is 114 Å².